The van der Waals surface area contributed by atoms with Gasteiger partial charge in [0.1, 0.15) is 6.17 Å². The van der Waals surface area contributed by atoms with Gasteiger partial charge in [-0.3, -0.25) is 25.1 Å². The van der Waals surface area contributed by atoms with E-state index in [-0.39, 0.29) is 11.9 Å². The molecule has 140 valence electrons. The molecular formula is C19H16N6OS2. The fraction of sp³-hybridized carbons (Fsp3) is 0.158. The highest BCUT2D eigenvalue weighted by molar-refractivity contribution is 7.73. The average Bonchev–Trinajstić information content (AvgIpc) is 3.41. The molecule has 7 nitrogen and oxygen atoms in total. The lowest BCUT2D eigenvalue weighted by Crippen LogP contribution is -2.32. The quantitative estimate of drug-likeness (QED) is 0.451. The number of aromatic nitrogens is 4. The summed E-state index contributed by atoms with van der Waals surface area (Å²) in [5.74, 6) is -0.0429. The molecule has 1 fully saturated rings. The van der Waals surface area contributed by atoms with Crippen LogP contribution in [0, 0.1) is 3.95 Å². The first-order valence-corrected chi connectivity index (χ1v) is 10.0. The largest absolute Gasteiger partial charge is 0.361 e. The number of nitrogens with zero attached hydrogens (tertiary/aromatic N) is 3. The number of benzene rings is 1. The summed E-state index contributed by atoms with van der Waals surface area (Å²) in [5, 5.41) is 12.1. The van der Waals surface area contributed by atoms with E-state index in [9.17, 15) is 4.79 Å². The van der Waals surface area contributed by atoms with Gasteiger partial charge in [0.2, 0.25) is 11.0 Å². The molecule has 4 aromatic rings. The van der Waals surface area contributed by atoms with Crippen molar-refractivity contribution in [3.63, 3.8) is 0 Å². The van der Waals surface area contributed by atoms with E-state index in [2.05, 4.69) is 31.5 Å². The normalized spacial score (nSPS) is 19.6. The van der Waals surface area contributed by atoms with Gasteiger partial charge in [0.15, 0.2) is 3.95 Å². The molecule has 0 aliphatic carbocycles. The Balaban J connectivity index is 1.51. The fourth-order valence-corrected chi connectivity index (χ4v) is 4.49. The molecular weight excluding hydrogens is 392 g/mol. The van der Waals surface area contributed by atoms with Crippen molar-refractivity contribution in [1.29, 1.82) is 0 Å². The van der Waals surface area contributed by atoms with Gasteiger partial charge >= 0.3 is 0 Å². The van der Waals surface area contributed by atoms with Crippen LogP contribution in [0.15, 0.2) is 54.9 Å². The van der Waals surface area contributed by atoms with Crippen LogP contribution >= 0.6 is 23.6 Å². The molecule has 2 unspecified atom stereocenters. The Morgan fingerprint density at radius 3 is 2.82 bits per heavy atom. The third-order valence-corrected chi connectivity index (χ3v) is 5.94. The van der Waals surface area contributed by atoms with E-state index in [1.807, 2.05) is 42.6 Å². The van der Waals surface area contributed by atoms with Crippen LogP contribution < -0.4 is 10.2 Å². The number of anilines is 1. The molecule has 0 saturated carbocycles. The van der Waals surface area contributed by atoms with Gasteiger partial charge in [-0.2, -0.15) is 0 Å². The van der Waals surface area contributed by atoms with Gasteiger partial charge in [-0.1, -0.05) is 35.6 Å². The Morgan fingerprint density at radius 1 is 1.18 bits per heavy atom. The van der Waals surface area contributed by atoms with Crippen molar-refractivity contribution in [3.8, 4) is 0 Å². The van der Waals surface area contributed by atoms with E-state index in [0.29, 0.717) is 15.5 Å². The molecule has 1 aliphatic heterocycles. The summed E-state index contributed by atoms with van der Waals surface area (Å²) in [4.78, 5) is 22.7. The van der Waals surface area contributed by atoms with Gasteiger partial charge in [-0.15, -0.1) is 5.10 Å². The minimum Gasteiger partial charge on any atom is -0.361 e. The van der Waals surface area contributed by atoms with Crippen LogP contribution in [0.2, 0.25) is 0 Å². The maximum atomic E-state index is 13.3. The molecule has 4 heterocycles. The number of nitrogens with one attached hydrogen (secondary N) is 3. The fourth-order valence-electron chi connectivity index (χ4n) is 3.58. The van der Waals surface area contributed by atoms with Crippen molar-refractivity contribution in [3.05, 3.63) is 70.1 Å². The number of para-hydroxylation sites is 1. The molecule has 0 bridgehead atoms. The Bertz CT molecular complexity index is 1200. The second-order valence-electron chi connectivity index (χ2n) is 6.54. The number of fused-ring (bicyclic) bond motifs is 1. The molecule has 3 N–H and O–H groups in total. The van der Waals surface area contributed by atoms with Crippen molar-refractivity contribution >= 4 is 45.5 Å². The topological polar surface area (TPSA) is 89.7 Å². The average molecular weight is 409 g/mol. The summed E-state index contributed by atoms with van der Waals surface area (Å²) in [7, 11) is 0. The van der Waals surface area contributed by atoms with Gasteiger partial charge in [0, 0.05) is 23.3 Å². The van der Waals surface area contributed by atoms with Crippen LogP contribution in [0.4, 0.5) is 5.13 Å². The highest BCUT2D eigenvalue weighted by Gasteiger charge is 2.42. The molecule has 28 heavy (non-hydrogen) atoms. The van der Waals surface area contributed by atoms with Gasteiger partial charge in [-0.25, -0.2) is 0 Å². The number of hydrogen-bond donors (Lipinski definition) is 3. The molecule has 5 rings (SSSR count). The lowest BCUT2D eigenvalue weighted by molar-refractivity contribution is -0.118. The van der Waals surface area contributed by atoms with E-state index in [1.165, 1.54) is 11.3 Å². The third kappa shape index (κ3) is 2.93. The maximum Gasteiger partial charge on any atom is 0.248 e. The van der Waals surface area contributed by atoms with Crippen LogP contribution in [0.3, 0.4) is 0 Å². The Morgan fingerprint density at radius 2 is 2.04 bits per heavy atom. The van der Waals surface area contributed by atoms with E-state index in [0.717, 1.165) is 22.2 Å². The minimum absolute atomic E-state index is 0.0429. The second kappa shape index (κ2) is 6.93. The summed E-state index contributed by atoms with van der Waals surface area (Å²) in [6, 6.07) is 13.4. The molecule has 2 atom stereocenters. The van der Waals surface area contributed by atoms with Crippen LogP contribution in [-0.2, 0) is 11.2 Å². The third-order valence-electron chi connectivity index (χ3n) is 4.85. The molecule has 0 radical (unpaired) electrons. The molecule has 1 saturated heterocycles. The van der Waals surface area contributed by atoms with E-state index >= 15 is 0 Å². The number of H-pyrrole nitrogens is 2. The highest BCUT2D eigenvalue weighted by atomic mass is 32.1. The second-order valence-corrected chi connectivity index (χ2v) is 8.19. The molecule has 0 spiro atoms. The Kier molecular flexibility index (Phi) is 4.27. The monoisotopic (exact) mass is 408 g/mol. The lowest BCUT2D eigenvalue weighted by atomic mass is 10.1. The zero-order chi connectivity index (χ0) is 19.1. The standard InChI is InChI=1S/C19H16N6OS2/c26-17-15(9-11-10-21-13-6-2-1-5-12(11)13)22-16(14-7-3-4-8-20-14)25(17)18-23-24-19(27)28-18/h1-8,10,15-16,21-22H,9H2,(H,24,27). The van der Waals surface area contributed by atoms with Crippen molar-refractivity contribution in [2.45, 2.75) is 18.6 Å². The zero-order valence-electron chi connectivity index (χ0n) is 14.6. The Labute approximate surface area is 169 Å². The number of carbonyl (C=O) groups is 1. The molecule has 1 aromatic carbocycles. The Hall–Kier alpha value is -2.88. The SMILES string of the molecule is O=C1C(Cc2c[nH]c3ccccc23)NC(c2ccccn2)N1c1n[nH]c(=S)s1. The summed E-state index contributed by atoms with van der Waals surface area (Å²) >= 11 is 6.44. The number of aromatic amines is 2. The van der Waals surface area contributed by atoms with Gasteiger partial charge in [0.05, 0.1) is 11.7 Å². The summed E-state index contributed by atoms with van der Waals surface area (Å²) in [6.07, 6.45) is 3.87. The first kappa shape index (κ1) is 17.2. The smallest absolute Gasteiger partial charge is 0.248 e. The van der Waals surface area contributed by atoms with E-state index < -0.39 is 6.17 Å². The maximum absolute atomic E-state index is 13.3. The lowest BCUT2D eigenvalue weighted by Gasteiger charge is -2.20. The minimum atomic E-state index is -0.391. The number of hydrogen-bond acceptors (Lipinski definition) is 6. The molecule has 9 heteroatoms. The summed E-state index contributed by atoms with van der Waals surface area (Å²) in [6.45, 7) is 0. The van der Waals surface area contributed by atoms with E-state index in [4.69, 9.17) is 12.2 Å². The van der Waals surface area contributed by atoms with Crippen molar-refractivity contribution in [2.75, 3.05) is 4.90 Å². The van der Waals surface area contributed by atoms with Crippen molar-refractivity contribution in [1.82, 2.24) is 25.5 Å². The van der Waals surface area contributed by atoms with Crippen LogP contribution in [-0.4, -0.2) is 32.1 Å². The zero-order valence-corrected chi connectivity index (χ0v) is 16.3. The summed E-state index contributed by atoms with van der Waals surface area (Å²) < 4.78 is 0.530. The predicted molar refractivity (Wildman–Crippen MR) is 111 cm³/mol. The highest BCUT2D eigenvalue weighted by Crippen LogP contribution is 2.33. The van der Waals surface area contributed by atoms with Crippen molar-refractivity contribution < 1.29 is 4.79 Å². The van der Waals surface area contributed by atoms with Crippen LogP contribution in [0.5, 0.6) is 0 Å². The number of rotatable bonds is 4. The summed E-state index contributed by atoms with van der Waals surface area (Å²) in [5.41, 5.74) is 2.92. The number of pyridine rings is 1. The van der Waals surface area contributed by atoms with Gasteiger partial charge in [0.25, 0.3) is 0 Å². The first-order valence-electron chi connectivity index (χ1n) is 8.81. The van der Waals surface area contributed by atoms with Crippen molar-refractivity contribution in [2.24, 2.45) is 0 Å². The van der Waals surface area contributed by atoms with Gasteiger partial charge < -0.3 is 4.98 Å². The molecule has 3 aromatic heterocycles. The van der Waals surface area contributed by atoms with Gasteiger partial charge in [-0.05, 0) is 42.4 Å². The van der Waals surface area contributed by atoms with E-state index in [1.54, 1.807) is 11.1 Å². The molecule has 1 amide bonds. The number of amides is 1. The van der Waals surface area contributed by atoms with Crippen LogP contribution in [0.1, 0.15) is 17.4 Å². The predicted octanol–water partition coefficient (Wildman–Crippen LogP) is 3.32. The molecule has 1 aliphatic rings. The first-order chi connectivity index (χ1) is 13.7. The van der Waals surface area contributed by atoms with Crippen LogP contribution in [0.25, 0.3) is 10.9 Å². The number of carbonyl (C=O) groups excluding carboxylic acids is 1.